The molecule has 0 radical (unpaired) electrons. The molecule has 4 bridgehead atoms. The highest BCUT2D eigenvalue weighted by Crippen LogP contribution is 2.31. The Hall–Kier alpha value is -2.94. The second-order valence-corrected chi connectivity index (χ2v) is 19.8. The Kier molecular flexibility index (Phi) is 19.8. The van der Waals surface area contributed by atoms with Gasteiger partial charge >= 0.3 is 11.9 Å². The normalized spacial score (nSPS) is 30.4. The second kappa shape index (κ2) is 25.8. The molecule has 8 saturated heterocycles. The maximum Gasteiger partial charge on any atom is 0.306 e. The lowest BCUT2D eigenvalue weighted by molar-refractivity contribution is -0.159. The molecular formula is C52H82N6O6. The van der Waals surface area contributed by atoms with E-state index in [2.05, 4.69) is 85.2 Å². The molecule has 2 N–H and O–H groups in total. The van der Waals surface area contributed by atoms with Gasteiger partial charge in [0, 0.05) is 78.4 Å². The van der Waals surface area contributed by atoms with E-state index in [9.17, 15) is 9.59 Å². The van der Waals surface area contributed by atoms with Crippen molar-refractivity contribution < 1.29 is 28.5 Å². The monoisotopic (exact) mass is 887 g/mol. The molecule has 12 nitrogen and oxygen atoms in total. The number of unbranched alkanes of at least 4 members (excludes halogenated alkanes) is 4. The van der Waals surface area contributed by atoms with Crippen molar-refractivity contribution in [1.82, 2.24) is 24.5 Å². The molecule has 10 rings (SSSR count). The van der Waals surface area contributed by atoms with Crippen LogP contribution >= 0.6 is 0 Å². The van der Waals surface area contributed by atoms with Gasteiger partial charge in [-0.1, -0.05) is 73.5 Å². The Morgan fingerprint density at radius 3 is 1.44 bits per heavy atom. The molecule has 0 saturated carbocycles. The molecule has 6 atom stereocenters. The number of carbonyl (C=O) groups is 2. The van der Waals surface area contributed by atoms with Crippen LogP contribution in [0.15, 0.2) is 60.7 Å². The van der Waals surface area contributed by atoms with Crippen LogP contribution in [0, 0.1) is 11.8 Å². The van der Waals surface area contributed by atoms with Crippen molar-refractivity contribution in [3.05, 3.63) is 71.8 Å². The Morgan fingerprint density at radius 1 is 0.547 bits per heavy atom. The molecule has 0 amide bonds. The average molecular weight is 887 g/mol. The summed E-state index contributed by atoms with van der Waals surface area (Å²) in [6.07, 6.45) is 14.9. The van der Waals surface area contributed by atoms with E-state index in [1.165, 1.54) is 63.0 Å². The minimum atomic E-state index is 0.00198. The number of methoxy groups -OCH3 is 2. The molecule has 8 aliphatic rings. The van der Waals surface area contributed by atoms with Gasteiger partial charge in [0.15, 0.2) is 0 Å². The van der Waals surface area contributed by atoms with Crippen LogP contribution in [0.1, 0.15) is 101 Å². The van der Waals surface area contributed by atoms with Crippen LogP contribution in [0.3, 0.4) is 0 Å². The van der Waals surface area contributed by atoms with Crippen LogP contribution in [0.5, 0.6) is 0 Å². The number of esters is 2. The SMILES string of the molecule is CO[C@H]1CN(CCCCCC(=O)OC2CN3CCC2CC3)CC[C@H]1N.CO[C@H]1CN(CCCCCC(=O)OC2CN3CCC2CC3)CC[C@H]1N(Cc1ccccc1)Cc1ccccc1. The van der Waals surface area contributed by atoms with E-state index in [-0.39, 0.29) is 42.4 Å². The molecule has 2 aromatic rings. The van der Waals surface area contributed by atoms with E-state index >= 15 is 0 Å². The summed E-state index contributed by atoms with van der Waals surface area (Å²) in [6, 6.07) is 22.1. The zero-order valence-corrected chi connectivity index (χ0v) is 39.5. The van der Waals surface area contributed by atoms with E-state index in [0.717, 1.165) is 117 Å². The Morgan fingerprint density at radius 2 is 1.00 bits per heavy atom. The summed E-state index contributed by atoms with van der Waals surface area (Å²) in [7, 11) is 3.61. The number of nitrogens with two attached hydrogens (primary N) is 1. The third kappa shape index (κ3) is 15.0. The van der Waals surface area contributed by atoms with Crippen molar-refractivity contribution in [2.24, 2.45) is 17.6 Å². The highest BCUT2D eigenvalue weighted by atomic mass is 16.5. The molecule has 64 heavy (non-hydrogen) atoms. The standard InChI is InChI=1S/C33H47N3O3.C19H35N3O3/c1-38-32-26-34(19-10-4-9-15-33(37)39-31-25-35-20-16-29(31)17-21-35)22-18-30(32)36(23-27-11-5-2-6-12-27)24-28-13-7-3-8-14-28;1-24-18-14-21(12-8-16(18)20)9-4-2-3-5-19(23)25-17-13-22-10-6-15(17)7-11-22/h2-3,5-8,11-14,29-32H,4,9-10,15-26H2,1H3;15-18H,2-14,20H2,1H3/t30-,31?,32+;16-,17?,18+/m11/s1. The van der Waals surface area contributed by atoms with Crippen molar-refractivity contribution in [2.45, 2.75) is 139 Å². The molecule has 0 aromatic heterocycles. The van der Waals surface area contributed by atoms with Gasteiger partial charge < -0.3 is 34.5 Å². The number of hydrogen-bond acceptors (Lipinski definition) is 12. The van der Waals surface area contributed by atoms with Gasteiger partial charge in [-0.15, -0.1) is 0 Å². The predicted molar refractivity (Wildman–Crippen MR) is 253 cm³/mol. The van der Waals surface area contributed by atoms with Crippen molar-refractivity contribution in [3.8, 4) is 0 Å². The number of nitrogens with zero attached hydrogens (tertiary/aromatic N) is 5. The van der Waals surface area contributed by atoms with Crippen molar-refractivity contribution in [3.63, 3.8) is 0 Å². The van der Waals surface area contributed by atoms with Gasteiger partial charge in [0.2, 0.25) is 0 Å². The number of carbonyl (C=O) groups excluding carboxylic acids is 2. The van der Waals surface area contributed by atoms with Crippen LogP contribution in [-0.4, -0.2) is 166 Å². The first-order chi connectivity index (χ1) is 31.3. The first kappa shape index (κ1) is 49.0. The van der Waals surface area contributed by atoms with E-state index in [1.807, 2.05) is 7.11 Å². The van der Waals surface area contributed by atoms with Crippen LogP contribution in [0.2, 0.25) is 0 Å². The van der Waals surface area contributed by atoms with Gasteiger partial charge in [-0.2, -0.15) is 0 Å². The molecule has 8 heterocycles. The molecule has 8 aliphatic heterocycles. The largest absolute Gasteiger partial charge is 0.461 e. The highest BCUT2D eigenvalue weighted by molar-refractivity contribution is 5.70. The minimum absolute atomic E-state index is 0.00198. The van der Waals surface area contributed by atoms with Crippen LogP contribution in [0.25, 0.3) is 0 Å². The van der Waals surface area contributed by atoms with Gasteiger partial charge in [0.25, 0.3) is 0 Å². The topological polar surface area (TPSA) is 113 Å². The Balaban J connectivity index is 0.000000211. The molecular weight excluding hydrogens is 805 g/mol. The molecule has 0 spiro atoms. The first-order valence-corrected chi connectivity index (χ1v) is 25.2. The first-order valence-electron chi connectivity index (χ1n) is 25.2. The number of piperidine rings is 8. The second-order valence-electron chi connectivity index (χ2n) is 19.8. The summed E-state index contributed by atoms with van der Waals surface area (Å²) in [5.74, 6) is 1.20. The molecule has 356 valence electrons. The molecule has 0 aliphatic carbocycles. The van der Waals surface area contributed by atoms with Crippen LogP contribution < -0.4 is 5.73 Å². The lowest BCUT2D eigenvalue weighted by Crippen LogP contribution is -2.54. The molecule has 8 fully saturated rings. The average Bonchev–Trinajstić information content (AvgIpc) is 3.33. The Bertz CT molecular complexity index is 1600. The van der Waals surface area contributed by atoms with Gasteiger partial charge in [-0.3, -0.25) is 24.3 Å². The smallest absolute Gasteiger partial charge is 0.306 e. The van der Waals surface area contributed by atoms with Gasteiger partial charge in [0.1, 0.15) is 12.2 Å². The fourth-order valence-electron chi connectivity index (χ4n) is 11.3. The summed E-state index contributed by atoms with van der Waals surface area (Å²) < 4.78 is 23.1. The number of likely N-dealkylation sites (tertiary alicyclic amines) is 2. The maximum atomic E-state index is 12.4. The van der Waals surface area contributed by atoms with Crippen molar-refractivity contribution in [1.29, 1.82) is 0 Å². The number of benzene rings is 2. The summed E-state index contributed by atoms with van der Waals surface area (Å²) in [5.41, 5.74) is 8.74. The fourth-order valence-corrected chi connectivity index (χ4v) is 11.3. The van der Waals surface area contributed by atoms with Crippen LogP contribution in [0.4, 0.5) is 0 Å². The number of fused-ring (bicyclic) bond motifs is 6. The van der Waals surface area contributed by atoms with Gasteiger partial charge in [0.05, 0.1) is 12.2 Å². The molecule has 2 aromatic carbocycles. The third-order valence-corrected chi connectivity index (χ3v) is 15.3. The van der Waals surface area contributed by atoms with Gasteiger partial charge in [-0.05, 0) is 140 Å². The van der Waals surface area contributed by atoms with E-state index in [1.54, 1.807) is 7.11 Å². The van der Waals surface area contributed by atoms with Crippen molar-refractivity contribution in [2.75, 3.05) is 92.8 Å². The number of hydrogen-bond donors (Lipinski definition) is 1. The zero-order valence-electron chi connectivity index (χ0n) is 39.5. The fraction of sp³-hybridized carbons (Fsp3) is 0.731. The quantitative estimate of drug-likeness (QED) is 0.114. The molecule has 12 heteroatoms. The summed E-state index contributed by atoms with van der Waals surface area (Å²) in [4.78, 5) is 37.0. The predicted octanol–water partition coefficient (Wildman–Crippen LogP) is 6.21. The van der Waals surface area contributed by atoms with E-state index in [0.29, 0.717) is 30.7 Å². The number of rotatable bonds is 21. The third-order valence-electron chi connectivity index (χ3n) is 15.3. The van der Waals surface area contributed by atoms with Crippen LogP contribution in [-0.2, 0) is 41.6 Å². The summed E-state index contributed by atoms with van der Waals surface area (Å²) >= 11 is 0. The lowest BCUT2D eigenvalue weighted by Gasteiger charge is -2.44. The Labute approximate surface area is 385 Å². The van der Waals surface area contributed by atoms with Crippen molar-refractivity contribution >= 4 is 11.9 Å². The van der Waals surface area contributed by atoms with E-state index < -0.39 is 0 Å². The zero-order chi connectivity index (χ0) is 44.5. The molecule has 2 unspecified atom stereocenters. The van der Waals surface area contributed by atoms with Gasteiger partial charge in [-0.25, -0.2) is 0 Å². The maximum absolute atomic E-state index is 12.4. The minimum Gasteiger partial charge on any atom is -0.461 e. The highest BCUT2D eigenvalue weighted by Gasteiger charge is 2.38. The number of ether oxygens (including phenoxy) is 4. The summed E-state index contributed by atoms with van der Waals surface area (Å²) in [5, 5.41) is 0. The van der Waals surface area contributed by atoms with E-state index in [4.69, 9.17) is 24.7 Å². The summed E-state index contributed by atoms with van der Waals surface area (Å²) in [6.45, 7) is 14.7. The lowest BCUT2D eigenvalue weighted by atomic mass is 9.86.